The number of halogens is 2. The number of anilines is 1. The van der Waals surface area contributed by atoms with Crippen molar-refractivity contribution in [3.05, 3.63) is 63.1 Å². The van der Waals surface area contributed by atoms with Gasteiger partial charge in [0, 0.05) is 15.2 Å². The first-order valence-electron chi connectivity index (χ1n) is 6.38. The normalized spacial score (nSPS) is 12.2. The van der Waals surface area contributed by atoms with Crippen LogP contribution in [0.15, 0.2) is 46.9 Å². The molecule has 0 saturated heterocycles. The van der Waals surface area contributed by atoms with Crippen molar-refractivity contribution in [3.63, 3.8) is 0 Å². The summed E-state index contributed by atoms with van der Waals surface area (Å²) in [6.07, 6.45) is 1.02. The molecular weight excluding hydrogens is 322 g/mol. The van der Waals surface area contributed by atoms with Crippen LogP contribution in [-0.2, 0) is 0 Å². The Hall–Kier alpha value is -0.990. The summed E-state index contributed by atoms with van der Waals surface area (Å²) in [5, 5.41) is 4.33. The van der Waals surface area contributed by atoms with Gasteiger partial charge in [-0.1, -0.05) is 52.7 Å². The molecule has 1 N–H and O–H groups in total. The van der Waals surface area contributed by atoms with Crippen molar-refractivity contribution in [1.82, 2.24) is 0 Å². The Labute approximate surface area is 128 Å². The van der Waals surface area contributed by atoms with Gasteiger partial charge >= 0.3 is 0 Å². The Morgan fingerprint density at radius 3 is 2.42 bits per heavy atom. The Morgan fingerprint density at radius 2 is 1.84 bits per heavy atom. The molecule has 1 atom stereocenters. The van der Waals surface area contributed by atoms with Gasteiger partial charge < -0.3 is 5.32 Å². The van der Waals surface area contributed by atoms with E-state index in [0.29, 0.717) is 6.04 Å². The Morgan fingerprint density at radius 1 is 1.16 bits per heavy atom. The molecule has 100 valence electrons. The number of hydrogen-bond acceptors (Lipinski definition) is 1. The van der Waals surface area contributed by atoms with Crippen LogP contribution in [0.25, 0.3) is 0 Å². The van der Waals surface area contributed by atoms with Crippen LogP contribution in [-0.4, -0.2) is 0 Å². The number of aryl methyl sites for hydroxylation is 1. The number of hydrogen-bond donors (Lipinski definition) is 1. The van der Waals surface area contributed by atoms with E-state index in [1.54, 1.807) is 0 Å². The van der Waals surface area contributed by atoms with Crippen LogP contribution in [0, 0.1) is 6.92 Å². The van der Waals surface area contributed by atoms with E-state index < -0.39 is 0 Å². The number of rotatable bonds is 4. The molecule has 0 saturated carbocycles. The third-order valence-electron chi connectivity index (χ3n) is 3.19. The first-order valence-corrected chi connectivity index (χ1v) is 7.55. The van der Waals surface area contributed by atoms with Crippen molar-refractivity contribution in [2.75, 3.05) is 5.32 Å². The van der Waals surface area contributed by atoms with Gasteiger partial charge in [-0.2, -0.15) is 0 Å². The van der Waals surface area contributed by atoms with E-state index in [4.69, 9.17) is 11.6 Å². The van der Waals surface area contributed by atoms with Gasteiger partial charge in [0.25, 0.3) is 0 Å². The summed E-state index contributed by atoms with van der Waals surface area (Å²) in [4.78, 5) is 0. The summed E-state index contributed by atoms with van der Waals surface area (Å²) >= 11 is 9.50. The van der Waals surface area contributed by atoms with E-state index in [1.165, 1.54) is 11.1 Å². The summed E-state index contributed by atoms with van der Waals surface area (Å²) in [6, 6.07) is 14.7. The highest BCUT2D eigenvalue weighted by molar-refractivity contribution is 9.10. The topological polar surface area (TPSA) is 12.0 Å². The maximum atomic E-state index is 5.93. The zero-order valence-corrected chi connectivity index (χ0v) is 13.4. The molecule has 1 unspecified atom stereocenters. The average Bonchev–Trinajstić information content (AvgIpc) is 2.41. The van der Waals surface area contributed by atoms with E-state index in [-0.39, 0.29) is 0 Å². The molecule has 0 aliphatic heterocycles. The van der Waals surface area contributed by atoms with E-state index in [1.807, 2.05) is 12.1 Å². The first-order chi connectivity index (χ1) is 9.10. The van der Waals surface area contributed by atoms with Gasteiger partial charge in [-0.25, -0.2) is 0 Å². The lowest BCUT2D eigenvalue weighted by Gasteiger charge is -2.19. The van der Waals surface area contributed by atoms with E-state index in [9.17, 15) is 0 Å². The summed E-state index contributed by atoms with van der Waals surface area (Å²) < 4.78 is 1.13. The van der Waals surface area contributed by atoms with Crippen molar-refractivity contribution < 1.29 is 0 Å². The highest BCUT2D eigenvalue weighted by atomic mass is 79.9. The van der Waals surface area contributed by atoms with E-state index in [2.05, 4.69) is 65.4 Å². The fourth-order valence-electron chi connectivity index (χ4n) is 2.00. The first kappa shape index (κ1) is 14.4. The average molecular weight is 339 g/mol. The van der Waals surface area contributed by atoms with E-state index in [0.717, 1.165) is 21.6 Å². The summed E-state index contributed by atoms with van der Waals surface area (Å²) in [6.45, 7) is 4.26. The fourth-order valence-corrected chi connectivity index (χ4v) is 2.50. The molecule has 0 heterocycles. The smallest absolute Gasteiger partial charge is 0.0511 e. The summed E-state index contributed by atoms with van der Waals surface area (Å²) in [5.74, 6) is 0. The second-order valence-corrected chi connectivity index (χ2v) is 5.91. The Balaban J connectivity index is 2.18. The molecule has 2 aromatic carbocycles. The number of nitrogens with one attached hydrogen (secondary N) is 1. The molecule has 0 bridgehead atoms. The second kappa shape index (κ2) is 6.44. The maximum Gasteiger partial charge on any atom is 0.0511 e. The van der Waals surface area contributed by atoms with Gasteiger partial charge in [-0.3, -0.25) is 0 Å². The molecular formula is C16H17BrClN. The van der Waals surface area contributed by atoms with Crippen molar-refractivity contribution >= 4 is 33.2 Å². The third-order valence-corrected chi connectivity index (χ3v) is 4.30. The highest BCUT2D eigenvalue weighted by Gasteiger charge is 2.09. The van der Waals surface area contributed by atoms with Crippen LogP contribution >= 0.6 is 27.5 Å². The largest absolute Gasteiger partial charge is 0.378 e. The van der Waals surface area contributed by atoms with Crippen molar-refractivity contribution in [3.8, 4) is 0 Å². The van der Waals surface area contributed by atoms with Crippen LogP contribution < -0.4 is 5.32 Å². The van der Waals surface area contributed by atoms with Gasteiger partial charge in [-0.15, -0.1) is 0 Å². The van der Waals surface area contributed by atoms with Gasteiger partial charge in [0.1, 0.15) is 0 Å². The molecule has 2 rings (SSSR count). The zero-order valence-electron chi connectivity index (χ0n) is 11.1. The van der Waals surface area contributed by atoms with Crippen molar-refractivity contribution in [2.45, 2.75) is 26.3 Å². The van der Waals surface area contributed by atoms with Crippen molar-refractivity contribution in [1.29, 1.82) is 0 Å². The van der Waals surface area contributed by atoms with Crippen LogP contribution in [0.3, 0.4) is 0 Å². The predicted octanol–water partition coefficient (Wildman–Crippen LogP) is 5.97. The maximum absolute atomic E-state index is 5.93. The van der Waals surface area contributed by atoms with Crippen LogP contribution in [0.1, 0.15) is 30.5 Å². The molecule has 3 heteroatoms. The lowest BCUT2D eigenvalue weighted by atomic mass is 10.0. The minimum Gasteiger partial charge on any atom is -0.378 e. The Bertz CT molecular complexity index is 551. The molecule has 0 aliphatic rings. The van der Waals surface area contributed by atoms with Gasteiger partial charge in [0.15, 0.2) is 0 Å². The van der Waals surface area contributed by atoms with Gasteiger partial charge in [-0.05, 0) is 48.7 Å². The molecule has 0 aromatic heterocycles. The second-order valence-electron chi connectivity index (χ2n) is 4.62. The fraction of sp³-hybridized carbons (Fsp3) is 0.250. The molecule has 0 amide bonds. The van der Waals surface area contributed by atoms with Crippen LogP contribution in [0.5, 0.6) is 0 Å². The van der Waals surface area contributed by atoms with Crippen molar-refractivity contribution in [2.24, 2.45) is 0 Å². The zero-order chi connectivity index (χ0) is 13.8. The lowest BCUT2D eigenvalue weighted by Crippen LogP contribution is -2.09. The van der Waals surface area contributed by atoms with Crippen LogP contribution in [0.2, 0.25) is 5.02 Å². The molecule has 0 fully saturated rings. The van der Waals surface area contributed by atoms with E-state index >= 15 is 0 Å². The monoisotopic (exact) mass is 337 g/mol. The molecule has 19 heavy (non-hydrogen) atoms. The van der Waals surface area contributed by atoms with Crippen LogP contribution in [0.4, 0.5) is 5.69 Å². The van der Waals surface area contributed by atoms with Gasteiger partial charge in [0.2, 0.25) is 0 Å². The molecule has 0 radical (unpaired) electrons. The standard InChI is InChI=1S/C16H17BrClN/c1-3-16(12-5-7-13(18)8-6-12)19-14-9-4-11(2)15(17)10-14/h4-10,16,19H,3H2,1-2H3. The lowest BCUT2D eigenvalue weighted by molar-refractivity contribution is 0.749. The minimum atomic E-state index is 0.298. The summed E-state index contributed by atoms with van der Waals surface area (Å²) in [5.41, 5.74) is 3.62. The quantitative estimate of drug-likeness (QED) is 0.723. The molecule has 2 aromatic rings. The highest BCUT2D eigenvalue weighted by Crippen LogP contribution is 2.26. The third kappa shape index (κ3) is 3.74. The summed E-state index contributed by atoms with van der Waals surface area (Å²) in [7, 11) is 0. The predicted molar refractivity (Wildman–Crippen MR) is 87.0 cm³/mol. The SMILES string of the molecule is CCC(Nc1ccc(C)c(Br)c1)c1ccc(Cl)cc1. The Kier molecular flexibility index (Phi) is 4.89. The minimum absolute atomic E-state index is 0.298. The van der Waals surface area contributed by atoms with Gasteiger partial charge in [0.05, 0.1) is 6.04 Å². The molecule has 0 aliphatic carbocycles. The molecule has 0 spiro atoms. The molecule has 1 nitrogen and oxygen atoms in total. The number of benzene rings is 2.